The molecule has 8 nitrogen and oxygen atoms in total. The molecule has 4 rings (SSSR count). The first-order chi connectivity index (χ1) is 16.8. The molecule has 0 aliphatic carbocycles. The maximum Gasteiger partial charge on any atom is 0.322 e. The van der Waals surface area contributed by atoms with Crippen LogP contribution >= 0.6 is 0 Å². The van der Waals surface area contributed by atoms with Crippen LogP contribution in [0.5, 0.6) is 5.75 Å². The number of hydrogen-bond donors (Lipinski definition) is 1. The number of carbonyl (C=O) groups is 1. The van der Waals surface area contributed by atoms with Crippen LogP contribution in [0.2, 0.25) is 0 Å². The molecule has 1 N–H and O–H groups in total. The Balaban J connectivity index is 1.78. The first kappa shape index (κ1) is 24.4. The van der Waals surface area contributed by atoms with E-state index in [2.05, 4.69) is 15.5 Å². The quantitative estimate of drug-likeness (QED) is 0.455. The normalized spacial score (nSPS) is 16.0. The molecule has 1 aromatic heterocycles. The minimum absolute atomic E-state index is 0.132. The summed E-state index contributed by atoms with van der Waals surface area (Å²) < 4.78 is 30.1. The Kier molecular flexibility index (Phi) is 7.16. The molecule has 0 spiro atoms. The molecule has 0 saturated heterocycles. The number of allylic oxidation sites excluding steroid dienone is 1. The van der Waals surface area contributed by atoms with Gasteiger partial charge in [0.2, 0.25) is 5.82 Å². The average molecular weight is 481 g/mol. The fraction of sp³-hybridized carbons (Fsp3) is 0.346. The summed E-state index contributed by atoms with van der Waals surface area (Å²) in [7, 11) is 3.03. The number of carbonyl (C=O) groups excluding carboxylic acids is 1. The van der Waals surface area contributed by atoms with E-state index in [1.165, 1.54) is 19.2 Å². The third-order valence-corrected chi connectivity index (χ3v) is 6.26. The van der Waals surface area contributed by atoms with Gasteiger partial charge in [0, 0.05) is 31.5 Å². The summed E-state index contributed by atoms with van der Waals surface area (Å²) in [5.74, 6) is 0.110. The van der Waals surface area contributed by atoms with Crippen molar-refractivity contribution in [3.63, 3.8) is 0 Å². The molecule has 3 aromatic rings. The molecule has 184 valence electrons. The molecule has 1 unspecified atom stereocenters. The molecule has 9 heteroatoms. The Hall–Kier alpha value is -3.72. The van der Waals surface area contributed by atoms with Crippen molar-refractivity contribution >= 4 is 11.6 Å². The van der Waals surface area contributed by atoms with Crippen molar-refractivity contribution < 1.29 is 23.2 Å². The summed E-state index contributed by atoms with van der Waals surface area (Å²) in [6.07, 6.45) is 0.670. The summed E-state index contributed by atoms with van der Waals surface area (Å²) in [5.41, 5.74) is 5.03. The van der Waals surface area contributed by atoms with Crippen LogP contribution in [0.1, 0.15) is 42.0 Å². The number of rotatable bonds is 8. The summed E-state index contributed by atoms with van der Waals surface area (Å²) in [5, 5.41) is 7.19. The van der Waals surface area contributed by atoms with Crippen molar-refractivity contribution in [2.24, 2.45) is 0 Å². The number of nitrogens with zero attached hydrogens (tertiary/aromatic N) is 3. The summed E-state index contributed by atoms with van der Waals surface area (Å²) in [6, 6.07) is 9.84. The lowest BCUT2D eigenvalue weighted by Crippen LogP contribution is -2.46. The minimum Gasteiger partial charge on any atom is -0.494 e. The maximum absolute atomic E-state index is 14.3. The standard InChI is InChI=1S/C26H29FN4O4/c1-15-7-8-18(13-16(15)2)23-22(17(3)31(26(32)28-23)11-6-12-33-4)25-29-24(30-35-25)19-9-10-21(34-5)20(27)14-19/h7-10,13-14,23H,6,11-12H2,1-5H3,(H,28,32). The second kappa shape index (κ2) is 10.3. The SMILES string of the molecule is COCCCN1C(=O)NC(c2ccc(C)c(C)c2)C(c2nc(-c3ccc(OC)c(F)c3)no2)=C1C. The van der Waals surface area contributed by atoms with Gasteiger partial charge in [0.05, 0.1) is 18.7 Å². The molecule has 1 aliphatic rings. The van der Waals surface area contributed by atoms with E-state index < -0.39 is 11.9 Å². The summed E-state index contributed by atoms with van der Waals surface area (Å²) >= 11 is 0. The zero-order valence-electron chi connectivity index (χ0n) is 20.5. The van der Waals surface area contributed by atoms with Crippen LogP contribution < -0.4 is 10.1 Å². The Morgan fingerprint density at radius 1 is 1.11 bits per heavy atom. The zero-order chi connectivity index (χ0) is 25.1. The number of amides is 2. The van der Waals surface area contributed by atoms with E-state index in [0.29, 0.717) is 36.4 Å². The largest absolute Gasteiger partial charge is 0.494 e. The Morgan fingerprint density at radius 2 is 1.91 bits per heavy atom. The molecule has 0 radical (unpaired) electrons. The van der Waals surface area contributed by atoms with Crippen LogP contribution in [0.4, 0.5) is 9.18 Å². The third kappa shape index (κ3) is 4.90. The van der Waals surface area contributed by atoms with Gasteiger partial charge in [0.15, 0.2) is 11.6 Å². The van der Waals surface area contributed by atoms with Crippen LogP contribution in [0.25, 0.3) is 17.0 Å². The lowest BCUT2D eigenvalue weighted by atomic mass is 9.92. The molecule has 2 aromatic carbocycles. The predicted octanol–water partition coefficient (Wildman–Crippen LogP) is 5.04. The van der Waals surface area contributed by atoms with E-state index in [1.807, 2.05) is 39.0 Å². The third-order valence-electron chi connectivity index (χ3n) is 6.26. The highest BCUT2D eigenvalue weighted by Gasteiger charge is 2.35. The summed E-state index contributed by atoms with van der Waals surface area (Å²) in [6.45, 7) is 6.93. The number of halogens is 1. The summed E-state index contributed by atoms with van der Waals surface area (Å²) in [4.78, 5) is 19.3. The number of benzene rings is 2. The van der Waals surface area contributed by atoms with Crippen molar-refractivity contribution in [3.8, 4) is 17.1 Å². The van der Waals surface area contributed by atoms with Crippen molar-refractivity contribution in [1.82, 2.24) is 20.4 Å². The van der Waals surface area contributed by atoms with Gasteiger partial charge in [-0.2, -0.15) is 4.98 Å². The molecule has 0 fully saturated rings. The van der Waals surface area contributed by atoms with E-state index in [4.69, 9.17) is 14.0 Å². The minimum atomic E-state index is -0.519. The van der Waals surface area contributed by atoms with Crippen LogP contribution in [0, 0.1) is 19.7 Å². The molecule has 0 saturated carbocycles. The monoisotopic (exact) mass is 480 g/mol. The molecule has 35 heavy (non-hydrogen) atoms. The smallest absolute Gasteiger partial charge is 0.322 e. The van der Waals surface area contributed by atoms with Crippen molar-refractivity contribution in [2.45, 2.75) is 33.2 Å². The first-order valence-corrected chi connectivity index (χ1v) is 11.4. The van der Waals surface area contributed by atoms with Crippen LogP contribution in [0.15, 0.2) is 46.6 Å². The van der Waals surface area contributed by atoms with Gasteiger partial charge < -0.3 is 19.3 Å². The molecule has 2 amide bonds. The molecule has 1 aliphatic heterocycles. The van der Waals surface area contributed by atoms with E-state index in [0.717, 1.165) is 16.7 Å². The van der Waals surface area contributed by atoms with Crippen LogP contribution in [0.3, 0.4) is 0 Å². The highest BCUT2D eigenvalue weighted by atomic mass is 19.1. The number of nitrogens with one attached hydrogen (secondary N) is 1. The molecule has 1 atom stereocenters. The lowest BCUT2D eigenvalue weighted by molar-refractivity contribution is 0.174. The van der Waals surface area contributed by atoms with Crippen molar-refractivity contribution in [2.75, 3.05) is 27.4 Å². The topological polar surface area (TPSA) is 89.7 Å². The van der Waals surface area contributed by atoms with E-state index in [-0.39, 0.29) is 23.5 Å². The van der Waals surface area contributed by atoms with Gasteiger partial charge in [-0.1, -0.05) is 23.4 Å². The Morgan fingerprint density at radius 3 is 2.60 bits per heavy atom. The lowest BCUT2D eigenvalue weighted by Gasteiger charge is -2.35. The zero-order valence-corrected chi connectivity index (χ0v) is 20.5. The van der Waals surface area contributed by atoms with Gasteiger partial charge in [0.25, 0.3) is 5.89 Å². The highest BCUT2D eigenvalue weighted by Crippen LogP contribution is 2.38. The fourth-order valence-electron chi connectivity index (χ4n) is 4.14. The molecular weight excluding hydrogens is 451 g/mol. The Bertz CT molecular complexity index is 1270. The van der Waals surface area contributed by atoms with Gasteiger partial charge in [-0.25, -0.2) is 9.18 Å². The molecular formula is C26H29FN4O4. The number of aromatic nitrogens is 2. The fourth-order valence-corrected chi connectivity index (χ4v) is 4.14. The average Bonchev–Trinajstić information content (AvgIpc) is 3.32. The number of hydrogen-bond acceptors (Lipinski definition) is 6. The number of aryl methyl sites for hydroxylation is 2. The predicted molar refractivity (Wildman–Crippen MR) is 129 cm³/mol. The van der Waals surface area contributed by atoms with E-state index >= 15 is 0 Å². The van der Waals surface area contributed by atoms with Crippen molar-refractivity contribution in [3.05, 3.63) is 70.5 Å². The van der Waals surface area contributed by atoms with Crippen LogP contribution in [-0.4, -0.2) is 48.4 Å². The van der Waals surface area contributed by atoms with Gasteiger partial charge in [0.1, 0.15) is 0 Å². The first-order valence-electron chi connectivity index (χ1n) is 11.4. The van der Waals surface area contributed by atoms with Gasteiger partial charge in [-0.05, 0) is 62.1 Å². The van der Waals surface area contributed by atoms with Gasteiger partial charge in [-0.15, -0.1) is 0 Å². The van der Waals surface area contributed by atoms with Gasteiger partial charge in [-0.3, -0.25) is 4.90 Å². The second-order valence-electron chi connectivity index (χ2n) is 8.50. The maximum atomic E-state index is 14.3. The van der Waals surface area contributed by atoms with Crippen LogP contribution in [-0.2, 0) is 4.74 Å². The number of methoxy groups -OCH3 is 2. The highest BCUT2D eigenvalue weighted by molar-refractivity contribution is 5.87. The number of urea groups is 1. The van der Waals surface area contributed by atoms with Crippen molar-refractivity contribution in [1.29, 1.82) is 0 Å². The molecule has 0 bridgehead atoms. The Labute approximate surface area is 203 Å². The second-order valence-corrected chi connectivity index (χ2v) is 8.50. The van der Waals surface area contributed by atoms with E-state index in [9.17, 15) is 9.18 Å². The molecule has 2 heterocycles. The van der Waals surface area contributed by atoms with Gasteiger partial charge >= 0.3 is 6.03 Å². The van der Waals surface area contributed by atoms with E-state index in [1.54, 1.807) is 18.1 Å². The number of ether oxygens (including phenoxy) is 2.